The minimum atomic E-state index is 0. The number of rotatable bonds is 5. The Balaban J connectivity index is 0.00000141. The van der Waals surface area contributed by atoms with Crippen molar-refractivity contribution in [2.45, 2.75) is 59.8 Å². The van der Waals surface area contributed by atoms with Crippen LogP contribution in [-0.2, 0) is 0 Å². The summed E-state index contributed by atoms with van der Waals surface area (Å²) in [5.74, 6) is 1.23. The van der Waals surface area contributed by atoms with Crippen molar-refractivity contribution in [2.24, 2.45) is 11.7 Å². The third kappa shape index (κ3) is 6.19. The molecule has 0 saturated carbocycles. The van der Waals surface area contributed by atoms with Crippen LogP contribution in [0.3, 0.4) is 0 Å². The van der Waals surface area contributed by atoms with E-state index < -0.39 is 0 Å². The van der Waals surface area contributed by atoms with Crippen LogP contribution in [0.4, 0.5) is 0 Å². The summed E-state index contributed by atoms with van der Waals surface area (Å²) in [6, 6.07) is 8.97. The quantitative estimate of drug-likeness (QED) is 0.663. The fraction of sp³-hybridized carbons (Fsp3) is 0.524. The van der Waals surface area contributed by atoms with Crippen molar-refractivity contribution in [1.29, 1.82) is 0 Å². The average Bonchev–Trinajstić information content (AvgIpc) is 2.51. The summed E-state index contributed by atoms with van der Waals surface area (Å²) in [5, 5.41) is 0. The third-order valence-electron chi connectivity index (χ3n) is 4.07. The fourth-order valence-electron chi connectivity index (χ4n) is 2.97. The van der Waals surface area contributed by atoms with Crippen LogP contribution in [0.5, 0.6) is 0 Å². The molecular formula is C21H35N. The number of nitrogens with two attached hydrogens (primary N) is 1. The molecule has 1 aromatic rings. The summed E-state index contributed by atoms with van der Waals surface area (Å²) in [6.45, 7) is 11.0. The summed E-state index contributed by atoms with van der Waals surface area (Å²) in [7, 11) is 0. The lowest BCUT2D eigenvalue weighted by molar-refractivity contribution is 0.421. The van der Waals surface area contributed by atoms with Gasteiger partial charge in [0.15, 0.2) is 0 Å². The highest BCUT2D eigenvalue weighted by Gasteiger charge is 2.23. The zero-order valence-corrected chi connectivity index (χ0v) is 13.9. The van der Waals surface area contributed by atoms with Gasteiger partial charge in [0.05, 0.1) is 0 Å². The van der Waals surface area contributed by atoms with Crippen molar-refractivity contribution in [2.75, 3.05) is 6.54 Å². The van der Waals surface area contributed by atoms with E-state index in [4.69, 9.17) is 5.73 Å². The largest absolute Gasteiger partial charge is 0.330 e. The van der Waals surface area contributed by atoms with Crippen LogP contribution in [0.2, 0.25) is 0 Å². The second-order valence-electron chi connectivity index (χ2n) is 5.69. The highest BCUT2D eigenvalue weighted by atomic mass is 14.5. The lowest BCUT2D eigenvalue weighted by atomic mass is 9.76. The second-order valence-corrected chi connectivity index (χ2v) is 5.69. The van der Waals surface area contributed by atoms with E-state index in [1.54, 1.807) is 0 Å². The molecule has 1 heteroatoms. The molecule has 1 aliphatic carbocycles. The zero-order chi connectivity index (χ0) is 15.7. The number of aryl methyl sites for hydroxylation is 1. The van der Waals surface area contributed by atoms with Gasteiger partial charge in [0, 0.05) is 5.92 Å². The van der Waals surface area contributed by atoms with E-state index >= 15 is 0 Å². The monoisotopic (exact) mass is 301 g/mol. The van der Waals surface area contributed by atoms with Crippen molar-refractivity contribution in [3.05, 3.63) is 59.7 Å². The molecule has 0 spiro atoms. The van der Waals surface area contributed by atoms with E-state index in [0.717, 1.165) is 19.4 Å². The summed E-state index contributed by atoms with van der Waals surface area (Å²) in [6.07, 6.45) is 9.24. The van der Waals surface area contributed by atoms with Crippen LogP contribution in [0.15, 0.2) is 48.6 Å². The van der Waals surface area contributed by atoms with Gasteiger partial charge >= 0.3 is 0 Å². The Morgan fingerprint density at radius 1 is 1.23 bits per heavy atom. The maximum Gasteiger partial charge on any atom is 0.00494 e. The van der Waals surface area contributed by atoms with Gasteiger partial charge in [0.1, 0.15) is 0 Å². The second kappa shape index (κ2) is 11.3. The molecule has 2 atom stereocenters. The molecule has 0 bridgehead atoms. The van der Waals surface area contributed by atoms with Gasteiger partial charge in [-0.2, -0.15) is 0 Å². The van der Waals surface area contributed by atoms with Gasteiger partial charge < -0.3 is 5.73 Å². The maximum absolute atomic E-state index is 5.62. The molecule has 0 heterocycles. The van der Waals surface area contributed by atoms with Crippen LogP contribution < -0.4 is 5.73 Å². The first kappa shape index (κ1) is 20.7. The normalized spacial score (nSPS) is 19.6. The molecule has 2 rings (SSSR count). The summed E-state index contributed by atoms with van der Waals surface area (Å²) < 4.78 is 0. The minimum Gasteiger partial charge on any atom is -0.330 e. The van der Waals surface area contributed by atoms with Crippen LogP contribution >= 0.6 is 0 Å². The molecule has 2 unspecified atom stereocenters. The number of benzene rings is 1. The van der Waals surface area contributed by atoms with Crippen molar-refractivity contribution < 1.29 is 0 Å². The standard InChI is InChI=1S/C18H25N.C2H6.CH4/c1-14-7-9-16(10-8-14)18-6-4-3-5-17(18)13-15(2)11-12-19;1-2;/h4,6-10,17-18H,2-3,5,11-13,19H2,1H3;1-2H3;1H4. The first-order chi connectivity index (χ1) is 10.2. The lowest BCUT2D eigenvalue weighted by Gasteiger charge is -2.29. The van der Waals surface area contributed by atoms with Crippen LogP contribution in [0.1, 0.15) is 64.0 Å². The summed E-state index contributed by atoms with van der Waals surface area (Å²) in [4.78, 5) is 0. The van der Waals surface area contributed by atoms with Crippen molar-refractivity contribution in [3.63, 3.8) is 0 Å². The highest BCUT2D eigenvalue weighted by Crippen LogP contribution is 2.37. The molecule has 0 fully saturated rings. The Labute approximate surface area is 138 Å². The molecule has 0 saturated heterocycles. The van der Waals surface area contributed by atoms with E-state index in [2.05, 4.69) is 49.9 Å². The average molecular weight is 302 g/mol. The Morgan fingerprint density at radius 2 is 1.86 bits per heavy atom. The Bertz CT molecular complexity index is 441. The minimum absolute atomic E-state index is 0. The topological polar surface area (TPSA) is 26.0 Å². The molecule has 1 aliphatic rings. The van der Waals surface area contributed by atoms with Crippen molar-refractivity contribution in [1.82, 2.24) is 0 Å². The van der Waals surface area contributed by atoms with Gasteiger partial charge in [0.25, 0.3) is 0 Å². The van der Waals surface area contributed by atoms with Crippen molar-refractivity contribution in [3.8, 4) is 0 Å². The molecule has 0 aliphatic heterocycles. The van der Waals surface area contributed by atoms with Crippen LogP contribution in [0.25, 0.3) is 0 Å². The van der Waals surface area contributed by atoms with E-state index in [9.17, 15) is 0 Å². The molecular weight excluding hydrogens is 266 g/mol. The van der Waals surface area contributed by atoms with Crippen molar-refractivity contribution >= 4 is 0 Å². The van der Waals surface area contributed by atoms with Gasteiger partial charge in [-0.1, -0.05) is 75.4 Å². The van der Waals surface area contributed by atoms with E-state index in [1.165, 1.54) is 29.5 Å². The van der Waals surface area contributed by atoms with E-state index in [1.807, 2.05) is 13.8 Å². The van der Waals surface area contributed by atoms with Gasteiger partial charge in [-0.15, -0.1) is 0 Å². The lowest BCUT2D eigenvalue weighted by Crippen LogP contribution is -2.16. The van der Waals surface area contributed by atoms with Gasteiger partial charge in [-0.3, -0.25) is 0 Å². The molecule has 0 amide bonds. The number of hydrogen-bond donors (Lipinski definition) is 1. The Kier molecular flexibility index (Phi) is 10.6. The van der Waals surface area contributed by atoms with E-state index in [0.29, 0.717) is 11.8 Å². The third-order valence-corrected chi connectivity index (χ3v) is 4.07. The van der Waals surface area contributed by atoms with Gasteiger partial charge in [0.2, 0.25) is 0 Å². The molecule has 124 valence electrons. The summed E-state index contributed by atoms with van der Waals surface area (Å²) in [5.41, 5.74) is 9.69. The number of allylic oxidation sites excluding steroid dienone is 2. The van der Waals surface area contributed by atoms with E-state index in [-0.39, 0.29) is 7.43 Å². The van der Waals surface area contributed by atoms with Crippen LogP contribution in [-0.4, -0.2) is 6.54 Å². The van der Waals surface area contributed by atoms with Crippen LogP contribution in [0, 0.1) is 12.8 Å². The Morgan fingerprint density at radius 3 is 2.45 bits per heavy atom. The predicted molar refractivity (Wildman–Crippen MR) is 101 cm³/mol. The Hall–Kier alpha value is -1.34. The molecule has 0 aromatic heterocycles. The highest BCUT2D eigenvalue weighted by molar-refractivity contribution is 5.29. The first-order valence-electron chi connectivity index (χ1n) is 8.30. The molecule has 2 N–H and O–H groups in total. The maximum atomic E-state index is 5.62. The SMILES string of the molecule is C.C=C(CCN)CC1CCC=CC1c1ccc(C)cc1.CC. The number of hydrogen-bond acceptors (Lipinski definition) is 1. The van der Waals surface area contributed by atoms with Gasteiger partial charge in [-0.25, -0.2) is 0 Å². The molecule has 1 nitrogen and oxygen atoms in total. The predicted octanol–water partition coefficient (Wildman–Crippen LogP) is 6.00. The smallest absolute Gasteiger partial charge is 0.00494 e. The fourth-order valence-corrected chi connectivity index (χ4v) is 2.97. The molecule has 1 aromatic carbocycles. The zero-order valence-electron chi connectivity index (χ0n) is 13.9. The molecule has 22 heavy (non-hydrogen) atoms. The molecule has 0 radical (unpaired) electrons. The first-order valence-corrected chi connectivity index (χ1v) is 8.30. The summed E-state index contributed by atoms with van der Waals surface area (Å²) >= 11 is 0. The van der Waals surface area contributed by atoms with Gasteiger partial charge in [-0.05, 0) is 50.6 Å².